The Balaban J connectivity index is 1.27. The molecule has 180 valence electrons. The van der Waals surface area contributed by atoms with Gasteiger partial charge in [-0.2, -0.15) is 4.98 Å². The first-order chi connectivity index (χ1) is 17.0. The molecule has 35 heavy (non-hydrogen) atoms. The molecule has 9 heteroatoms. The largest absolute Gasteiger partial charge is 0.369 e. The number of imidazole rings is 1. The maximum absolute atomic E-state index is 12.9. The lowest BCUT2D eigenvalue weighted by atomic mass is 10.2. The van der Waals surface area contributed by atoms with E-state index in [-0.39, 0.29) is 5.56 Å². The Morgan fingerprint density at radius 1 is 0.971 bits per heavy atom. The predicted molar refractivity (Wildman–Crippen MR) is 138 cm³/mol. The number of aromatic nitrogens is 5. The van der Waals surface area contributed by atoms with Crippen molar-refractivity contribution in [3.05, 3.63) is 70.7 Å². The Morgan fingerprint density at radius 2 is 1.74 bits per heavy atom. The van der Waals surface area contributed by atoms with Crippen LogP contribution in [0.4, 0.5) is 17.3 Å². The molecule has 1 aromatic carbocycles. The molecule has 0 unspecified atom stereocenters. The molecule has 4 aromatic rings. The van der Waals surface area contributed by atoms with Gasteiger partial charge in [-0.15, -0.1) is 0 Å². The van der Waals surface area contributed by atoms with Crippen molar-refractivity contribution >= 4 is 28.4 Å². The fourth-order valence-electron chi connectivity index (χ4n) is 4.75. The normalized spacial score (nSPS) is 16.7. The summed E-state index contributed by atoms with van der Waals surface area (Å²) in [5.41, 5.74) is 4.84. The minimum atomic E-state index is -0.0818. The summed E-state index contributed by atoms with van der Waals surface area (Å²) >= 11 is 0. The van der Waals surface area contributed by atoms with Gasteiger partial charge in [0.15, 0.2) is 0 Å². The average Bonchev–Trinajstić information content (AvgIpc) is 3.65. The molecule has 1 saturated carbocycles. The molecule has 6 rings (SSSR count). The summed E-state index contributed by atoms with van der Waals surface area (Å²) in [5, 5.41) is 4.14. The first kappa shape index (κ1) is 21.8. The second kappa shape index (κ2) is 8.81. The molecule has 1 aliphatic carbocycles. The Bertz CT molecular complexity index is 1410. The van der Waals surface area contributed by atoms with Crippen molar-refractivity contribution in [3.8, 4) is 0 Å². The summed E-state index contributed by atoms with van der Waals surface area (Å²) in [7, 11) is 4.15. The van der Waals surface area contributed by atoms with E-state index in [2.05, 4.69) is 56.4 Å². The smallest absolute Gasteiger partial charge is 0.252 e. The van der Waals surface area contributed by atoms with E-state index >= 15 is 0 Å². The minimum absolute atomic E-state index is 0.0818. The number of pyridine rings is 1. The molecular formula is C26H30N8O. The Labute approximate surface area is 204 Å². The minimum Gasteiger partial charge on any atom is -0.369 e. The van der Waals surface area contributed by atoms with Crippen molar-refractivity contribution in [2.45, 2.75) is 25.3 Å². The van der Waals surface area contributed by atoms with E-state index in [1.54, 1.807) is 22.9 Å². The van der Waals surface area contributed by atoms with Gasteiger partial charge in [0.1, 0.15) is 5.65 Å². The quantitative estimate of drug-likeness (QED) is 0.464. The maximum atomic E-state index is 12.9. The van der Waals surface area contributed by atoms with Gasteiger partial charge in [0.25, 0.3) is 5.56 Å². The fraction of sp³-hybridized carbons (Fsp3) is 0.385. The lowest BCUT2D eigenvalue weighted by Gasteiger charge is -2.34. The molecule has 1 aliphatic heterocycles. The Kier molecular flexibility index (Phi) is 5.49. The number of nitrogens with zero attached hydrogens (tertiary/aromatic N) is 7. The summed E-state index contributed by atoms with van der Waals surface area (Å²) in [6.45, 7) is 4.66. The SMILES string of the molecule is CN1CCN(c2ccc(Nc3ncc4ccc(=O)n(Cc5c(C6CC6)ncn5C)c4n3)cc2)CC1. The summed E-state index contributed by atoms with van der Waals surface area (Å²) in [6.07, 6.45) is 5.94. The van der Waals surface area contributed by atoms with E-state index in [1.807, 2.05) is 17.9 Å². The fourth-order valence-corrected chi connectivity index (χ4v) is 4.75. The highest BCUT2D eigenvalue weighted by molar-refractivity contribution is 5.76. The highest BCUT2D eigenvalue weighted by atomic mass is 16.1. The first-order valence-electron chi connectivity index (χ1n) is 12.2. The molecular weight excluding hydrogens is 440 g/mol. The summed E-state index contributed by atoms with van der Waals surface area (Å²) in [5.74, 6) is 0.981. The molecule has 3 aromatic heterocycles. The molecule has 0 amide bonds. The van der Waals surface area contributed by atoms with E-state index in [1.165, 1.54) is 5.69 Å². The molecule has 2 aliphatic rings. The van der Waals surface area contributed by atoms with Gasteiger partial charge in [0, 0.05) is 68.2 Å². The zero-order chi connectivity index (χ0) is 23.9. The molecule has 0 bridgehead atoms. The lowest BCUT2D eigenvalue weighted by molar-refractivity contribution is 0.313. The number of hydrogen-bond acceptors (Lipinski definition) is 7. The number of hydrogen-bond donors (Lipinski definition) is 1. The van der Waals surface area contributed by atoms with Crippen LogP contribution < -0.4 is 15.8 Å². The van der Waals surface area contributed by atoms with Gasteiger partial charge in [-0.25, -0.2) is 9.97 Å². The molecule has 2 fully saturated rings. The highest BCUT2D eigenvalue weighted by Gasteiger charge is 2.29. The third-order valence-electron chi connectivity index (χ3n) is 7.08. The van der Waals surface area contributed by atoms with Crippen LogP contribution in [0, 0.1) is 0 Å². The number of likely N-dealkylation sites (N-methyl/N-ethyl adjacent to an activating group) is 1. The van der Waals surface area contributed by atoms with Crippen molar-refractivity contribution in [2.24, 2.45) is 7.05 Å². The lowest BCUT2D eigenvalue weighted by Crippen LogP contribution is -2.44. The number of piperazine rings is 1. The number of anilines is 3. The van der Waals surface area contributed by atoms with Crippen LogP contribution >= 0.6 is 0 Å². The summed E-state index contributed by atoms with van der Waals surface area (Å²) in [4.78, 5) is 31.5. The van der Waals surface area contributed by atoms with Gasteiger partial charge in [-0.1, -0.05) is 0 Å². The summed E-state index contributed by atoms with van der Waals surface area (Å²) < 4.78 is 3.74. The van der Waals surface area contributed by atoms with E-state index in [0.717, 1.165) is 61.5 Å². The Morgan fingerprint density at radius 3 is 2.49 bits per heavy atom. The van der Waals surface area contributed by atoms with Crippen LogP contribution in [0.1, 0.15) is 30.1 Å². The van der Waals surface area contributed by atoms with Crippen molar-refractivity contribution in [2.75, 3.05) is 43.4 Å². The van der Waals surface area contributed by atoms with Gasteiger partial charge in [0.05, 0.1) is 24.3 Å². The van der Waals surface area contributed by atoms with Crippen LogP contribution in [0.25, 0.3) is 11.0 Å². The van der Waals surface area contributed by atoms with E-state index < -0.39 is 0 Å². The zero-order valence-corrected chi connectivity index (χ0v) is 20.2. The standard InChI is InChI=1S/C26H30N8O/c1-31-11-13-33(14-12-31)21-8-6-20(7-9-21)29-26-27-15-19-5-10-23(35)34(25(19)30-26)16-22-24(18-3-4-18)28-17-32(22)2/h5-10,15,17-18H,3-4,11-14,16H2,1-2H3,(H,27,29,30). The molecule has 0 atom stereocenters. The molecule has 4 heterocycles. The number of nitrogens with one attached hydrogen (secondary N) is 1. The van der Waals surface area contributed by atoms with E-state index in [0.29, 0.717) is 24.1 Å². The van der Waals surface area contributed by atoms with Crippen molar-refractivity contribution in [1.82, 2.24) is 29.0 Å². The van der Waals surface area contributed by atoms with Crippen LogP contribution in [-0.4, -0.2) is 62.2 Å². The molecule has 1 N–H and O–H groups in total. The van der Waals surface area contributed by atoms with E-state index in [4.69, 9.17) is 4.98 Å². The van der Waals surface area contributed by atoms with Crippen LogP contribution in [0.2, 0.25) is 0 Å². The number of fused-ring (bicyclic) bond motifs is 1. The van der Waals surface area contributed by atoms with Crippen molar-refractivity contribution < 1.29 is 0 Å². The van der Waals surface area contributed by atoms with Crippen LogP contribution in [0.3, 0.4) is 0 Å². The third kappa shape index (κ3) is 4.39. The van der Waals surface area contributed by atoms with Gasteiger partial charge in [0.2, 0.25) is 5.95 Å². The van der Waals surface area contributed by atoms with E-state index in [9.17, 15) is 4.79 Å². The number of benzene rings is 1. The first-order valence-corrected chi connectivity index (χ1v) is 12.2. The van der Waals surface area contributed by atoms with Gasteiger partial charge in [-0.3, -0.25) is 9.36 Å². The van der Waals surface area contributed by atoms with Gasteiger partial charge >= 0.3 is 0 Å². The van der Waals surface area contributed by atoms with Crippen molar-refractivity contribution in [3.63, 3.8) is 0 Å². The second-order valence-electron chi connectivity index (χ2n) is 9.65. The number of aryl methyl sites for hydroxylation is 1. The van der Waals surface area contributed by atoms with Crippen LogP contribution in [0.5, 0.6) is 0 Å². The van der Waals surface area contributed by atoms with Gasteiger partial charge < -0.3 is 19.7 Å². The molecule has 9 nitrogen and oxygen atoms in total. The molecule has 0 radical (unpaired) electrons. The average molecular weight is 471 g/mol. The Hall–Kier alpha value is -3.72. The maximum Gasteiger partial charge on any atom is 0.252 e. The molecule has 1 saturated heterocycles. The van der Waals surface area contributed by atoms with Crippen LogP contribution in [-0.2, 0) is 13.6 Å². The third-order valence-corrected chi connectivity index (χ3v) is 7.08. The van der Waals surface area contributed by atoms with Crippen molar-refractivity contribution in [1.29, 1.82) is 0 Å². The molecule has 0 spiro atoms. The number of rotatable bonds is 6. The summed E-state index contributed by atoms with van der Waals surface area (Å²) in [6, 6.07) is 11.7. The zero-order valence-electron chi connectivity index (χ0n) is 20.2. The second-order valence-corrected chi connectivity index (χ2v) is 9.65. The predicted octanol–water partition coefficient (Wildman–Crippen LogP) is 2.95. The van der Waals surface area contributed by atoms with Crippen LogP contribution in [0.15, 0.2) is 53.7 Å². The monoisotopic (exact) mass is 470 g/mol. The highest BCUT2D eigenvalue weighted by Crippen LogP contribution is 2.40. The van der Waals surface area contributed by atoms with Gasteiger partial charge in [-0.05, 0) is 50.2 Å². The topological polar surface area (TPSA) is 84.1 Å².